The molecule has 30 heavy (non-hydrogen) atoms. The van der Waals surface area contributed by atoms with E-state index < -0.39 is 0 Å². The molecule has 1 saturated carbocycles. The van der Waals surface area contributed by atoms with E-state index >= 15 is 0 Å². The number of hydrogen-bond donors (Lipinski definition) is 0. The van der Waals surface area contributed by atoms with Crippen molar-refractivity contribution in [2.24, 2.45) is 5.92 Å². The Hall–Kier alpha value is -3.05. The van der Waals surface area contributed by atoms with Crippen molar-refractivity contribution in [3.8, 4) is 22.5 Å². The first-order valence-corrected chi connectivity index (χ1v) is 11.1. The highest BCUT2D eigenvalue weighted by atomic mass is 32.1. The summed E-state index contributed by atoms with van der Waals surface area (Å²) in [6.07, 6.45) is 4.90. The minimum atomic E-state index is 0.404. The zero-order chi connectivity index (χ0) is 20.5. The van der Waals surface area contributed by atoms with Gasteiger partial charge in [0.25, 0.3) is 0 Å². The number of rotatable bonds is 6. The van der Waals surface area contributed by atoms with Crippen molar-refractivity contribution in [2.75, 3.05) is 24.6 Å². The molecule has 0 bridgehead atoms. The third kappa shape index (κ3) is 3.98. The molecule has 5 rings (SSSR count). The average Bonchev–Trinajstić information content (AvgIpc) is 3.37. The zero-order valence-electron chi connectivity index (χ0n) is 16.8. The highest BCUT2D eigenvalue weighted by Gasteiger charge is 2.28. The Morgan fingerprint density at radius 2 is 2.03 bits per heavy atom. The van der Waals surface area contributed by atoms with Crippen LogP contribution in [0, 0.1) is 24.2 Å². The van der Waals surface area contributed by atoms with Crippen LogP contribution in [0.4, 0.5) is 5.69 Å². The molecule has 1 aliphatic heterocycles. The van der Waals surface area contributed by atoms with E-state index in [0.29, 0.717) is 29.9 Å². The number of ether oxygens (including phenoxy) is 1. The predicted molar refractivity (Wildman–Crippen MR) is 115 cm³/mol. The molecule has 1 atom stereocenters. The van der Waals surface area contributed by atoms with Crippen LogP contribution in [0.2, 0.25) is 0 Å². The van der Waals surface area contributed by atoms with Crippen LogP contribution in [0.5, 0.6) is 5.88 Å². The number of aryl methyl sites for hydroxylation is 1. The number of aromatic nitrogens is 4. The Labute approximate surface area is 179 Å². The fourth-order valence-electron chi connectivity index (χ4n) is 3.73. The lowest BCUT2D eigenvalue weighted by Gasteiger charge is -2.19. The van der Waals surface area contributed by atoms with Crippen LogP contribution >= 0.6 is 11.3 Å². The summed E-state index contributed by atoms with van der Waals surface area (Å²) in [5.74, 6) is 2.09. The van der Waals surface area contributed by atoms with Crippen molar-refractivity contribution >= 4 is 17.0 Å². The highest BCUT2D eigenvalue weighted by molar-refractivity contribution is 7.14. The van der Waals surface area contributed by atoms with Crippen molar-refractivity contribution in [3.05, 3.63) is 46.9 Å². The molecule has 3 aromatic rings. The first kappa shape index (κ1) is 18.9. The Morgan fingerprint density at radius 3 is 2.73 bits per heavy atom. The lowest BCUT2D eigenvalue weighted by molar-refractivity contribution is 0.250. The van der Waals surface area contributed by atoms with Gasteiger partial charge in [0.15, 0.2) is 0 Å². The topological polar surface area (TPSA) is 87.8 Å². The second-order valence-corrected chi connectivity index (χ2v) is 9.10. The van der Waals surface area contributed by atoms with Gasteiger partial charge in [-0.2, -0.15) is 10.2 Å². The SMILES string of the molecule is Cc1nnc(-c2ccc(N3CC[C@H](COc4nc(C5CC5)ncc4C#N)C3)cc2)s1. The summed E-state index contributed by atoms with van der Waals surface area (Å²) in [6, 6.07) is 10.7. The summed E-state index contributed by atoms with van der Waals surface area (Å²) < 4.78 is 5.98. The highest BCUT2D eigenvalue weighted by Crippen LogP contribution is 2.38. The van der Waals surface area contributed by atoms with E-state index in [0.717, 1.165) is 53.8 Å². The first-order chi connectivity index (χ1) is 14.7. The lowest BCUT2D eigenvalue weighted by atomic mass is 10.1. The maximum Gasteiger partial charge on any atom is 0.235 e. The second-order valence-electron chi connectivity index (χ2n) is 7.92. The van der Waals surface area contributed by atoms with E-state index in [-0.39, 0.29) is 0 Å². The molecule has 1 saturated heterocycles. The van der Waals surface area contributed by atoms with Gasteiger partial charge in [0, 0.05) is 36.2 Å². The number of benzene rings is 1. The molecule has 0 radical (unpaired) electrons. The Kier molecular flexibility index (Phi) is 5.05. The monoisotopic (exact) mass is 418 g/mol. The van der Waals surface area contributed by atoms with Crippen LogP contribution in [0.3, 0.4) is 0 Å². The molecule has 8 heteroatoms. The summed E-state index contributed by atoms with van der Waals surface area (Å²) in [5.41, 5.74) is 2.72. The van der Waals surface area contributed by atoms with E-state index in [1.165, 1.54) is 5.69 Å². The standard InChI is InChI=1S/C22H22N6OS/c1-14-26-27-22(30-14)17-4-6-19(7-5-17)28-9-8-15(12-28)13-29-21-18(10-23)11-24-20(25-21)16-2-3-16/h4-7,11,15-16H,2-3,8-9,12-13H2,1H3/t15-/m0/s1. The van der Waals surface area contributed by atoms with Crippen LogP contribution in [-0.2, 0) is 0 Å². The molecule has 3 heterocycles. The minimum Gasteiger partial charge on any atom is -0.476 e. The van der Waals surface area contributed by atoms with Crippen LogP contribution in [0.25, 0.3) is 10.6 Å². The largest absolute Gasteiger partial charge is 0.476 e. The van der Waals surface area contributed by atoms with E-state index in [4.69, 9.17) is 4.74 Å². The molecule has 1 aromatic carbocycles. The van der Waals surface area contributed by atoms with Gasteiger partial charge >= 0.3 is 0 Å². The average molecular weight is 419 g/mol. The molecule has 0 spiro atoms. The van der Waals surface area contributed by atoms with Crippen LogP contribution < -0.4 is 9.64 Å². The molecule has 2 fully saturated rings. The van der Waals surface area contributed by atoms with Gasteiger partial charge in [0.05, 0.1) is 12.8 Å². The predicted octanol–water partition coefficient (Wildman–Crippen LogP) is 3.96. The van der Waals surface area contributed by atoms with Gasteiger partial charge < -0.3 is 9.64 Å². The molecule has 2 aromatic heterocycles. The summed E-state index contributed by atoms with van der Waals surface area (Å²) in [4.78, 5) is 11.2. The van der Waals surface area contributed by atoms with Crippen molar-refractivity contribution in [1.29, 1.82) is 5.26 Å². The Balaban J connectivity index is 1.20. The minimum absolute atomic E-state index is 0.404. The fraction of sp³-hybridized carbons (Fsp3) is 0.409. The van der Waals surface area contributed by atoms with Gasteiger partial charge in [0.1, 0.15) is 27.5 Å². The number of nitriles is 1. The molecule has 2 aliphatic rings. The normalized spacial score (nSPS) is 18.4. The van der Waals surface area contributed by atoms with E-state index in [1.807, 2.05) is 6.92 Å². The van der Waals surface area contributed by atoms with Crippen molar-refractivity contribution in [1.82, 2.24) is 20.2 Å². The summed E-state index contributed by atoms with van der Waals surface area (Å²) in [5, 5.41) is 19.6. The molecule has 0 amide bonds. The van der Waals surface area contributed by atoms with E-state index in [9.17, 15) is 5.26 Å². The van der Waals surface area contributed by atoms with Gasteiger partial charge in [-0.15, -0.1) is 10.2 Å². The van der Waals surface area contributed by atoms with Gasteiger partial charge in [0.2, 0.25) is 5.88 Å². The Morgan fingerprint density at radius 1 is 1.20 bits per heavy atom. The summed E-state index contributed by atoms with van der Waals surface area (Å²) >= 11 is 1.61. The van der Waals surface area contributed by atoms with E-state index in [1.54, 1.807) is 17.5 Å². The van der Waals surface area contributed by atoms with Crippen LogP contribution in [0.1, 0.15) is 41.6 Å². The fourth-order valence-corrected chi connectivity index (χ4v) is 4.43. The zero-order valence-corrected chi connectivity index (χ0v) is 17.6. The summed E-state index contributed by atoms with van der Waals surface area (Å²) in [6.45, 7) is 4.46. The number of hydrogen-bond acceptors (Lipinski definition) is 8. The smallest absolute Gasteiger partial charge is 0.235 e. The third-order valence-electron chi connectivity index (χ3n) is 5.58. The molecule has 0 unspecified atom stereocenters. The van der Waals surface area contributed by atoms with Crippen LogP contribution in [0.15, 0.2) is 30.5 Å². The van der Waals surface area contributed by atoms with Gasteiger partial charge in [-0.1, -0.05) is 11.3 Å². The quantitative estimate of drug-likeness (QED) is 0.599. The molecule has 0 N–H and O–H groups in total. The van der Waals surface area contributed by atoms with Crippen LogP contribution in [-0.4, -0.2) is 39.9 Å². The molecule has 7 nitrogen and oxygen atoms in total. The van der Waals surface area contributed by atoms with Gasteiger partial charge in [-0.3, -0.25) is 0 Å². The number of nitrogens with zero attached hydrogens (tertiary/aromatic N) is 6. The van der Waals surface area contributed by atoms with Crippen molar-refractivity contribution in [3.63, 3.8) is 0 Å². The maximum absolute atomic E-state index is 9.33. The first-order valence-electron chi connectivity index (χ1n) is 10.2. The van der Waals surface area contributed by atoms with E-state index in [2.05, 4.69) is 55.4 Å². The van der Waals surface area contributed by atoms with Crippen molar-refractivity contribution in [2.45, 2.75) is 32.1 Å². The lowest BCUT2D eigenvalue weighted by Crippen LogP contribution is -2.22. The number of anilines is 1. The molecule has 1 aliphatic carbocycles. The molecular formula is C22H22N6OS. The van der Waals surface area contributed by atoms with Crippen molar-refractivity contribution < 1.29 is 4.74 Å². The maximum atomic E-state index is 9.33. The van der Waals surface area contributed by atoms with Gasteiger partial charge in [-0.25, -0.2) is 4.98 Å². The third-order valence-corrected chi connectivity index (χ3v) is 6.47. The molecular weight excluding hydrogens is 396 g/mol. The summed E-state index contributed by atoms with van der Waals surface area (Å²) in [7, 11) is 0. The Bertz CT molecular complexity index is 1090. The molecule has 152 valence electrons. The second kappa shape index (κ2) is 8.00. The van der Waals surface area contributed by atoms with Gasteiger partial charge in [-0.05, 0) is 50.5 Å².